The molecular weight excluding hydrogens is 218 g/mol. The van der Waals surface area contributed by atoms with Crippen molar-refractivity contribution in [1.29, 1.82) is 0 Å². The van der Waals surface area contributed by atoms with Crippen LogP contribution in [-0.2, 0) is 4.79 Å². The third-order valence-electron chi connectivity index (χ3n) is 1.85. The van der Waals surface area contributed by atoms with Gasteiger partial charge >= 0.3 is 0 Å². The standard InChI is InChI=1S/C10H12ClNOS/c1-3-7(12-10(13)4-2)8-5-6-9(11)14-8/h4-7H,2-3H2,1H3,(H,12,13). The Bertz CT molecular complexity index is 335. The molecule has 76 valence electrons. The highest BCUT2D eigenvalue weighted by Crippen LogP contribution is 2.28. The number of amides is 1. The fourth-order valence-corrected chi connectivity index (χ4v) is 2.32. The number of nitrogens with one attached hydrogen (secondary N) is 1. The Kier molecular flexibility index (Phi) is 4.17. The van der Waals surface area contributed by atoms with Gasteiger partial charge in [-0.15, -0.1) is 11.3 Å². The van der Waals surface area contributed by atoms with Crippen molar-refractivity contribution in [2.24, 2.45) is 0 Å². The monoisotopic (exact) mass is 229 g/mol. The van der Waals surface area contributed by atoms with E-state index in [1.54, 1.807) is 0 Å². The molecule has 14 heavy (non-hydrogen) atoms. The van der Waals surface area contributed by atoms with Gasteiger partial charge in [0.25, 0.3) is 0 Å². The predicted molar refractivity (Wildman–Crippen MR) is 60.7 cm³/mol. The Morgan fingerprint density at radius 2 is 2.50 bits per heavy atom. The molecule has 0 radical (unpaired) electrons. The van der Waals surface area contributed by atoms with Gasteiger partial charge in [0.2, 0.25) is 5.91 Å². The molecule has 0 fully saturated rings. The summed E-state index contributed by atoms with van der Waals surface area (Å²) in [6, 6.07) is 3.81. The van der Waals surface area contributed by atoms with E-state index in [0.717, 1.165) is 15.6 Å². The van der Waals surface area contributed by atoms with Crippen LogP contribution >= 0.6 is 22.9 Å². The first-order chi connectivity index (χ1) is 6.67. The highest BCUT2D eigenvalue weighted by molar-refractivity contribution is 7.16. The number of thiophene rings is 1. The summed E-state index contributed by atoms with van der Waals surface area (Å²) in [5.41, 5.74) is 0. The average Bonchev–Trinajstić information content (AvgIpc) is 2.60. The average molecular weight is 230 g/mol. The molecule has 0 aromatic carbocycles. The zero-order chi connectivity index (χ0) is 10.6. The van der Waals surface area contributed by atoms with Crippen LogP contribution in [0.25, 0.3) is 0 Å². The van der Waals surface area contributed by atoms with E-state index in [0.29, 0.717) is 0 Å². The van der Waals surface area contributed by atoms with Crippen molar-refractivity contribution in [2.75, 3.05) is 0 Å². The molecule has 1 aromatic heterocycles. The van der Waals surface area contributed by atoms with Crippen LogP contribution in [0.1, 0.15) is 24.3 Å². The zero-order valence-electron chi connectivity index (χ0n) is 7.92. The molecule has 0 saturated heterocycles. The van der Waals surface area contributed by atoms with Crippen molar-refractivity contribution in [3.05, 3.63) is 34.0 Å². The van der Waals surface area contributed by atoms with Gasteiger partial charge in [0.15, 0.2) is 0 Å². The van der Waals surface area contributed by atoms with Crippen molar-refractivity contribution < 1.29 is 4.79 Å². The normalized spacial score (nSPS) is 12.1. The molecular formula is C10H12ClNOS. The van der Waals surface area contributed by atoms with E-state index in [1.807, 2.05) is 19.1 Å². The topological polar surface area (TPSA) is 29.1 Å². The quantitative estimate of drug-likeness (QED) is 0.790. The lowest BCUT2D eigenvalue weighted by atomic mass is 10.2. The molecule has 1 amide bonds. The molecule has 0 aliphatic rings. The van der Waals surface area contributed by atoms with Gasteiger partial charge in [-0.3, -0.25) is 4.79 Å². The van der Waals surface area contributed by atoms with Gasteiger partial charge in [-0.2, -0.15) is 0 Å². The number of hydrogen-bond acceptors (Lipinski definition) is 2. The smallest absolute Gasteiger partial charge is 0.243 e. The SMILES string of the molecule is C=CC(=O)NC(CC)c1ccc(Cl)s1. The number of carbonyl (C=O) groups is 1. The molecule has 1 aromatic rings. The van der Waals surface area contributed by atoms with Crippen LogP contribution < -0.4 is 5.32 Å². The summed E-state index contributed by atoms with van der Waals surface area (Å²) in [5.74, 6) is -0.152. The fraction of sp³-hybridized carbons (Fsp3) is 0.300. The molecule has 1 heterocycles. The first-order valence-electron chi connectivity index (χ1n) is 4.35. The minimum absolute atomic E-state index is 0.0398. The second kappa shape index (κ2) is 5.17. The lowest BCUT2D eigenvalue weighted by Gasteiger charge is -2.13. The van der Waals surface area contributed by atoms with Crippen molar-refractivity contribution >= 4 is 28.8 Å². The molecule has 4 heteroatoms. The van der Waals surface area contributed by atoms with E-state index >= 15 is 0 Å². The van der Waals surface area contributed by atoms with Crippen molar-refractivity contribution in [3.63, 3.8) is 0 Å². The van der Waals surface area contributed by atoms with Crippen molar-refractivity contribution in [3.8, 4) is 0 Å². The second-order valence-electron chi connectivity index (χ2n) is 2.82. The summed E-state index contributed by atoms with van der Waals surface area (Å²) >= 11 is 7.31. The van der Waals surface area contributed by atoms with Gasteiger partial charge in [0.05, 0.1) is 10.4 Å². The minimum atomic E-state index is -0.152. The van der Waals surface area contributed by atoms with Gasteiger partial charge in [-0.1, -0.05) is 25.1 Å². The molecule has 1 rings (SSSR count). The number of rotatable bonds is 4. The van der Waals surface area contributed by atoms with Gasteiger partial charge in [-0.25, -0.2) is 0 Å². The zero-order valence-corrected chi connectivity index (χ0v) is 9.49. The van der Waals surface area contributed by atoms with Crippen LogP contribution in [0, 0.1) is 0 Å². The lowest BCUT2D eigenvalue weighted by Crippen LogP contribution is -2.25. The first-order valence-corrected chi connectivity index (χ1v) is 5.55. The van der Waals surface area contributed by atoms with E-state index in [9.17, 15) is 4.79 Å². The summed E-state index contributed by atoms with van der Waals surface area (Å²) in [6.07, 6.45) is 2.12. The molecule has 1 unspecified atom stereocenters. The van der Waals surface area contributed by atoms with Crippen molar-refractivity contribution in [1.82, 2.24) is 5.32 Å². The van der Waals surface area contributed by atoms with Gasteiger partial charge in [0.1, 0.15) is 0 Å². The third-order valence-corrected chi connectivity index (χ3v) is 3.19. The van der Waals surface area contributed by atoms with Gasteiger partial charge < -0.3 is 5.32 Å². The fourth-order valence-electron chi connectivity index (χ4n) is 1.12. The van der Waals surface area contributed by atoms with E-state index in [-0.39, 0.29) is 11.9 Å². The van der Waals surface area contributed by atoms with Crippen LogP contribution in [0.2, 0.25) is 4.34 Å². The maximum absolute atomic E-state index is 11.1. The summed E-state index contributed by atoms with van der Waals surface area (Å²) in [6.45, 7) is 5.43. The van der Waals surface area contributed by atoms with E-state index in [1.165, 1.54) is 17.4 Å². The van der Waals surface area contributed by atoms with Crippen LogP contribution in [0.3, 0.4) is 0 Å². The highest BCUT2D eigenvalue weighted by Gasteiger charge is 2.12. The molecule has 0 bridgehead atoms. The van der Waals surface area contributed by atoms with Gasteiger partial charge in [-0.05, 0) is 24.6 Å². The summed E-state index contributed by atoms with van der Waals surface area (Å²) in [5, 5.41) is 2.84. The number of halogens is 1. The second-order valence-corrected chi connectivity index (χ2v) is 4.56. The predicted octanol–water partition coefficient (Wildman–Crippen LogP) is 3.15. The van der Waals surface area contributed by atoms with E-state index in [2.05, 4.69) is 11.9 Å². The first kappa shape index (κ1) is 11.3. The maximum atomic E-state index is 11.1. The Morgan fingerprint density at radius 3 is 2.93 bits per heavy atom. The molecule has 1 N–H and O–H groups in total. The van der Waals surface area contributed by atoms with Crippen LogP contribution in [0.4, 0.5) is 0 Å². The molecule has 0 aliphatic heterocycles. The molecule has 1 atom stereocenters. The summed E-state index contributed by atoms with van der Waals surface area (Å²) < 4.78 is 0.742. The van der Waals surface area contributed by atoms with Gasteiger partial charge in [0, 0.05) is 4.88 Å². The largest absolute Gasteiger partial charge is 0.345 e. The lowest BCUT2D eigenvalue weighted by molar-refractivity contribution is -0.117. The summed E-state index contributed by atoms with van der Waals surface area (Å²) in [7, 11) is 0. The van der Waals surface area contributed by atoms with Crippen LogP contribution in [-0.4, -0.2) is 5.91 Å². The molecule has 0 aliphatic carbocycles. The molecule has 2 nitrogen and oxygen atoms in total. The maximum Gasteiger partial charge on any atom is 0.243 e. The summed E-state index contributed by atoms with van der Waals surface area (Å²) in [4.78, 5) is 12.2. The Morgan fingerprint density at radius 1 is 1.79 bits per heavy atom. The molecule has 0 saturated carbocycles. The third kappa shape index (κ3) is 2.86. The highest BCUT2D eigenvalue weighted by atomic mass is 35.5. The number of carbonyl (C=O) groups excluding carboxylic acids is 1. The van der Waals surface area contributed by atoms with Crippen molar-refractivity contribution in [2.45, 2.75) is 19.4 Å². The Balaban J connectivity index is 2.71. The van der Waals surface area contributed by atoms with Crippen LogP contribution in [0.5, 0.6) is 0 Å². The van der Waals surface area contributed by atoms with E-state index in [4.69, 9.17) is 11.6 Å². The Labute approximate surface area is 92.6 Å². The Hall–Kier alpha value is -0.800. The number of hydrogen-bond donors (Lipinski definition) is 1. The minimum Gasteiger partial charge on any atom is -0.345 e. The van der Waals surface area contributed by atoms with E-state index < -0.39 is 0 Å². The molecule has 0 spiro atoms. The van der Waals surface area contributed by atoms with Crippen LogP contribution in [0.15, 0.2) is 24.8 Å².